The highest BCUT2D eigenvalue weighted by atomic mass is 32.2. The molecule has 66 valence electrons. The summed E-state index contributed by atoms with van der Waals surface area (Å²) in [5.41, 5.74) is 0. The zero-order chi connectivity index (χ0) is 8.32. The molecule has 0 unspecified atom stereocenters. The van der Waals surface area contributed by atoms with Crippen molar-refractivity contribution in [2.75, 3.05) is 11.5 Å². The average molecular weight is 186 g/mol. The second-order valence-electron chi connectivity index (χ2n) is 2.38. The topological polar surface area (TPSA) is 9.23 Å². The minimum atomic E-state index is -4.45. The first kappa shape index (κ1) is 9.19. The van der Waals surface area contributed by atoms with Crippen molar-refractivity contribution in [3.63, 3.8) is 0 Å². The minimum absolute atomic E-state index is 0.518. The number of ether oxygens (including phenoxy) is 1. The number of rotatable bonds is 1. The second-order valence-corrected chi connectivity index (χ2v) is 3.60. The van der Waals surface area contributed by atoms with Crippen LogP contribution in [0.5, 0.6) is 0 Å². The summed E-state index contributed by atoms with van der Waals surface area (Å²) in [6.07, 6.45) is -4.02. The zero-order valence-corrected chi connectivity index (χ0v) is 6.67. The molecule has 1 aliphatic heterocycles. The molecule has 0 atom stereocenters. The molecule has 1 fully saturated rings. The number of hydrogen-bond donors (Lipinski definition) is 0. The van der Waals surface area contributed by atoms with E-state index in [1.807, 2.05) is 0 Å². The van der Waals surface area contributed by atoms with Crippen LogP contribution in [0.3, 0.4) is 0 Å². The van der Waals surface area contributed by atoms with Crippen molar-refractivity contribution in [3.8, 4) is 0 Å². The number of halogens is 3. The highest BCUT2D eigenvalue weighted by Gasteiger charge is 2.33. The van der Waals surface area contributed by atoms with E-state index in [0.717, 1.165) is 11.5 Å². The van der Waals surface area contributed by atoms with E-state index in [1.165, 1.54) is 0 Å². The van der Waals surface area contributed by atoms with Crippen LogP contribution in [-0.2, 0) is 4.74 Å². The molecule has 1 heterocycles. The number of hydrogen-bond acceptors (Lipinski definition) is 2. The van der Waals surface area contributed by atoms with Crippen LogP contribution in [0.4, 0.5) is 13.2 Å². The van der Waals surface area contributed by atoms with Gasteiger partial charge in [-0.1, -0.05) is 0 Å². The molecule has 1 rings (SSSR count). The first-order valence-electron chi connectivity index (χ1n) is 3.40. The Morgan fingerprint density at radius 2 is 1.73 bits per heavy atom. The molecule has 0 aliphatic carbocycles. The van der Waals surface area contributed by atoms with Crippen LogP contribution in [0.2, 0.25) is 0 Å². The van der Waals surface area contributed by atoms with Crippen LogP contribution in [0.25, 0.3) is 0 Å². The maximum Gasteiger partial charge on any atom is 0.522 e. The van der Waals surface area contributed by atoms with Gasteiger partial charge in [0.2, 0.25) is 0 Å². The van der Waals surface area contributed by atoms with Gasteiger partial charge in [-0.2, -0.15) is 11.8 Å². The van der Waals surface area contributed by atoms with Gasteiger partial charge in [-0.05, 0) is 24.3 Å². The fourth-order valence-electron chi connectivity index (χ4n) is 0.983. The SMILES string of the molecule is FC(F)(F)OC1CCSCC1. The fraction of sp³-hybridized carbons (Fsp3) is 1.00. The summed E-state index contributed by atoms with van der Waals surface area (Å²) in [5.74, 6) is 1.56. The number of thioether (sulfide) groups is 1. The van der Waals surface area contributed by atoms with Crippen molar-refractivity contribution >= 4 is 11.8 Å². The molecule has 11 heavy (non-hydrogen) atoms. The van der Waals surface area contributed by atoms with Gasteiger partial charge in [0.25, 0.3) is 0 Å². The van der Waals surface area contributed by atoms with Crippen LogP contribution in [0.15, 0.2) is 0 Å². The highest BCUT2D eigenvalue weighted by molar-refractivity contribution is 7.99. The summed E-state index contributed by atoms with van der Waals surface area (Å²) in [6, 6.07) is 0. The summed E-state index contributed by atoms with van der Waals surface area (Å²) in [4.78, 5) is 0. The summed E-state index contributed by atoms with van der Waals surface area (Å²) in [6.45, 7) is 0. The van der Waals surface area contributed by atoms with E-state index in [9.17, 15) is 13.2 Å². The lowest BCUT2D eigenvalue weighted by Gasteiger charge is -2.22. The molecule has 1 aliphatic rings. The monoisotopic (exact) mass is 186 g/mol. The van der Waals surface area contributed by atoms with Crippen LogP contribution in [0.1, 0.15) is 12.8 Å². The average Bonchev–Trinajstić information content (AvgIpc) is 1.85. The van der Waals surface area contributed by atoms with E-state index in [0.29, 0.717) is 12.8 Å². The molecular weight excluding hydrogens is 177 g/mol. The smallest absolute Gasteiger partial charge is 0.289 e. The van der Waals surface area contributed by atoms with Crippen molar-refractivity contribution in [3.05, 3.63) is 0 Å². The van der Waals surface area contributed by atoms with Gasteiger partial charge in [0.15, 0.2) is 0 Å². The van der Waals surface area contributed by atoms with E-state index in [1.54, 1.807) is 11.8 Å². The third kappa shape index (κ3) is 3.86. The normalized spacial score (nSPS) is 22.1. The molecule has 0 aromatic heterocycles. The largest absolute Gasteiger partial charge is 0.522 e. The molecule has 0 N–H and O–H groups in total. The molecule has 5 heteroatoms. The van der Waals surface area contributed by atoms with Gasteiger partial charge in [0.05, 0.1) is 6.10 Å². The van der Waals surface area contributed by atoms with Gasteiger partial charge in [0, 0.05) is 0 Å². The Bertz CT molecular complexity index is 119. The predicted octanol–water partition coefficient (Wildman–Crippen LogP) is 2.42. The Morgan fingerprint density at radius 1 is 1.18 bits per heavy atom. The predicted molar refractivity (Wildman–Crippen MR) is 37.5 cm³/mol. The van der Waals surface area contributed by atoms with Crippen molar-refractivity contribution < 1.29 is 17.9 Å². The van der Waals surface area contributed by atoms with Gasteiger partial charge in [-0.3, -0.25) is 4.74 Å². The highest BCUT2D eigenvalue weighted by Crippen LogP contribution is 2.26. The summed E-state index contributed by atoms with van der Waals surface area (Å²) in [7, 11) is 0. The van der Waals surface area contributed by atoms with Gasteiger partial charge < -0.3 is 0 Å². The van der Waals surface area contributed by atoms with E-state index >= 15 is 0 Å². The van der Waals surface area contributed by atoms with Crippen molar-refractivity contribution in [2.45, 2.75) is 25.3 Å². The van der Waals surface area contributed by atoms with Gasteiger partial charge in [-0.25, -0.2) is 0 Å². The number of alkyl halides is 3. The maximum atomic E-state index is 11.6. The summed E-state index contributed by atoms with van der Waals surface area (Å²) < 4.78 is 38.7. The van der Waals surface area contributed by atoms with Crippen LogP contribution in [-0.4, -0.2) is 24.0 Å². The molecule has 0 radical (unpaired) electrons. The first-order valence-corrected chi connectivity index (χ1v) is 4.56. The van der Waals surface area contributed by atoms with Crippen molar-refractivity contribution in [2.24, 2.45) is 0 Å². The van der Waals surface area contributed by atoms with Crippen LogP contribution < -0.4 is 0 Å². The van der Waals surface area contributed by atoms with Crippen molar-refractivity contribution in [1.82, 2.24) is 0 Å². The lowest BCUT2D eigenvalue weighted by atomic mass is 10.2. The van der Waals surface area contributed by atoms with E-state index in [4.69, 9.17) is 0 Å². The van der Waals surface area contributed by atoms with Crippen LogP contribution >= 0.6 is 11.8 Å². The van der Waals surface area contributed by atoms with Crippen LogP contribution in [0, 0.1) is 0 Å². The minimum Gasteiger partial charge on any atom is -0.289 e. The molecule has 0 spiro atoms. The van der Waals surface area contributed by atoms with Crippen molar-refractivity contribution in [1.29, 1.82) is 0 Å². The Kier molecular flexibility index (Phi) is 3.06. The molecule has 0 aromatic rings. The van der Waals surface area contributed by atoms with Gasteiger partial charge in [-0.15, -0.1) is 13.2 Å². The van der Waals surface area contributed by atoms with E-state index < -0.39 is 12.5 Å². The molecular formula is C6H9F3OS. The van der Waals surface area contributed by atoms with E-state index in [2.05, 4.69) is 4.74 Å². The summed E-state index contributed by atoms with van der Waals surface area (Å²) >= 11 is 1.68. The Hall–Kier alpha value is 0.100. The second kappa shape index (κ2) is 3.67. The fourth-order valence-corrected chi connectivity index (χ4v) is 2.05. The molecule has 0 aromatic carbocycles. The third-order valence-electron chi connectivity index (χ3n) is 1.47. The third-order valence-corrected chi connectivity index (χ3v) is 2.52. The molecule has 1 saturated heterocycles. The quantitative estimate of drug-likeness (QED) is 0.622. The standard InChI is InChI=1S/C6H9F3OS/c7-6(8,9)10-5-1-3-11-4-2-5/h5H,1-4H2. The Morgan fingerprint density at radius 3 is 2.18 bits per heavy atom. The lowest BCUT2D eigenvalue weighted by Crippen LogP contribution is -2.27. The molecule has 1 nitrogen and oxygen atoms in total. The Balaban J connectivity index is 2.24. The molecule has 0 saturated carbocycles. The van der Waals surface area contributed by atoms with E-state index in [-0.39, 0.29) is 0 Å². The molecule has 0 bridgehead atoms. The first-order chi connectivity index (χ1) is 5.08. The summed E-state index contributed by atoms with van der Waals surface area (Å²) in [5, 5.41) is 0. The van der Waals surface area contributed by atoms with Gasteiger partial charge in [0.1, 0.15) is 0 Å². The maximum absolute atomic E-state index is 11.6. The molecule has 0 amide bonds. The Labute approximate surface area is 67.3 Å². The lowest BCUT2D eigenvalue weighted by molar-refractivity contribution is -0.343. The zero-order valence-electron chi connectivity index (χ0n) is 5.86. The van der Waals surface area contributed by atoms with Gasteiger partial charge >= 0.3 is 6.36 Å².